The molecule has 2 heteroatoms. The summed E-state index contributed by atoms with van der Waals surface area (Å²) in [7, 11) is 0. The van der Waals surface area contributed by atoms with Crippen molar-refractivity contribution in [2.24, 2.45) is 10.8 Å². The van der Waals surface area contributed by atoms with E-state index in [9.17, 15) is 10.2 Å². The zero-order valence-corrected chi connectivity index (χ0v) is 16.9. The van der Waals surface area contributed by atoms with Crippen molar-refractivity contribution in [1.82, 2.24) is 0 Å². The summed E-state index contributed by atoms with van der Waals surface area (Å²) < 4.78 is 0. The van der Waals surface area contributed by atoms with Gasteiger partial charge < -0.3 is 10.2 Å². The van der Waals surface area contributed by atoms with Gasteiger partial charge in [0.05, 0.1) is 0 Å². The van der Waals surface area contributed by atoms with Gasteiger partial charge in [-0.25, -0.2) is 0 Å². The molecule has 1 aromatic carbocycles. The Labute approximate surface area is 160 Å². The molecule has 2 aliphatic rings. The minimum absolute atomic E-state index is 0.127. The van der Waals surface area contributed by atoms with E-state index in [1.165, 1.54) is 64.2 Å². The lowest BCUT2D eigenvalue weighted by Crippen LogP contribution is -1.95. The lowest BCUT2D eigenvalue weighted by molar-refractivity contribution is 0.392. The first kappa shape index (κ1) is 19.6. The van der Waals surface area contributed by atoms with E-state index in [-0.39, 0.29) is 11.5 Å². The SMILES string of the molecule is CC1(CCCCCCc2ccc(CCCCC3(C)CC3)c(O)c2O)CC1. The van der Waals surface area contributed by atoms with Crippen LogP contribution in [0.3, 0.4) is 0 Å². The molecule has 0 spiro atoms. The van der Waals surface area contributed by atoms with Crippen LogP contribution in [0.25, 0.3) is 0 Å². The molecule has 26 heavy (non-hydrogen) atoms. The Morgan fingerprint density at radius 1 is 0.654 bits per heavy atom. The van der Waals surface area contributed by atoms with Gasteiger partial charge >= 0.3 is 0 Å². The van der Waals surface area contributed by atoms with Crippen LogP contribution < -0.4 is 0 Å². The van der Waals surface area contributed by atoms with E-state index in [0.717, 1.165) is 36.8 Å². The molecule has 2 N–H and O–H groups in total. The molecule has 0 saturated heterocycles. The minimum Gasteiger partial charge on any atom is -0.504 e. The maximum atomic E-state index is 10.3. The van der Waals surface area contributed by atoms with Gasteiger partial charge in [0.2, 0.25) is 0 Å². The van der Waals surface area contributed by atoms with Gasteiger partial charge in [0.1, 0.15) is 0 Å². The number of phenolic OH excluding ortho intramolecular Hbond substituents is 2. The molecule has 3 rings (SSSR count). The van der Waals surface area contributed by atoms with Gasteiger partial charge in [-0.05, 0) is 86.2 Å². The second-order valence-electron chi connectivity index (χ2n) is 9.82. The smallest absolute Gasteiger partial charge is 0.160 e. The van der Waals surface area contributed by atoms with E-state index in [1.807, 2.05) is 12.1 Å². The third-order valence-corrected chi connectivity index (χ3v) is 6.98. The third kappa shape index (κ3) is 5.66. The fourth-order valence-corrected chi connectivity index (χ4v) is 4.08. The van der Waals surface area contributed by atoms with Crippen LogP contribution in [0.4, 0.5) is 0 Å². The number of rotatable bonds is 12. The Bertz CT molecular complexity index is 596. The molecule has 0 radical (unpaired) electrons. The van der Waals surface area contributed by atoms with Crippen molar-refractivity contribution in [3.63, 3.8) is 0 Å². The summed E-state index contributed by atoms with van der Waals surface area (Å²) in [6, 6.07) is 4.05. The molecule has 0 aliphatic heterocycles. The second-order valence-corrected chi connectivity index (χ2v) is 9.82. The zero-order chi connectivity index (χ0) is 18.6. The Morgan fingerprint density at radius 3 is 1.50 bits per heavy atom. The lowest BCUT2D eigenvalue weighted by Gasteiger charge is -2.12. The number of phenols is 2. The maximum Gasteiger partial charge on any atom is 0.160 e. The van der Waals surface area contributed by atoms with Gasteiger partial charge in [0.25, 0.3) is 0 Å². The summed E-state index contributed by atoms with van der Waals surface area (Å²) >= 11 is 0. The second kappa shape index (κ2) is 8.23. The minimum atomic E-state index is 0.127. The van der Waals surface area contributed by atoms with Crippen molar-refractivity contribution in [2.75, 3.05) is 0 Å². The molecule has 0 atom stereocenters. The van der Waals surface area contributed by atoms with Crippen LogP contribution in [0.1, 0.15) is 102 Å². The van der Waals surface area contributed by atoms with E-state index < -0.39 is 0 Å². The van der Waals surface area contributed by atoms with Crippen LogP contribution >= 0.6 is 0 Å². The fourth-order valence-electron chi connectivity index (χ4n) is 4.08. The zero-order valence-electron chi connectivity index (χ0n) is 16.9. The number of hydrogen-bond acceptors (Lipinski definition) is 2. The normalized spacial score (nSPS) is 19.5. The van der Waals surface area contributed by atoms with Crippen LogP contribution in [0, 0.1) is 10.8 Å². The fraction of sp³-hybridized carbons (Fsp3) is 0.750. The van der Waals surface area contributed by atoms with Gasteiger partial charge in [-0.3, -0.25) is 0 Å². The van der Waals surface area contributed by atoms with Crippen molar-refractivity contribution in [1.29, 1.82) is 0 Å². The first-order valence-electron chi connectivity index (χ1n) is 10.9. The quantitative estimate of drug-likeness (QED) is 0.315. The molecule has 2 saturated carbocycles. The van der Waals surface area contributed by atoms with Gasteiger partial charge in [0.15, 0.2) is 11.5 Å². The van der Waals surface area contributed by atoms with Crippen LogP contribution in [0.15, 0.2) is 12.1 Å². The number of hydrogen-bond donors (Lipinski definition) is 2. The largest absolute Gasteiger partial charge is 0.504 e. The van der Waals surface area contributed by atoms with Crippen molar-refractivity contribution in [2.45, 2.75) is 104 Å². The monoisotopic (exact) mass is 358 g/mol. The Hall–Kier alpha value is -1.18. The van der Waals surface area contributed by atoms with Gasteiger partial charge in [-0.1, -0.05) is 51.7 Å². The molecule has 0 amide bonds. The van der Waals surface area contributed by atoms with E-state index in [1.54, 1.807) is 0 Å². The lowest BCUT2D eigenvalue weighted by atomic mass is 9.96. The molecule has 0 bridgehead atoms. The molecule has 1 aromatic rings. The number of aromatic hydroxyl groups is 2. The topological polar surface area (TPSA) is 40.5 Å². The number of benzene rings is 1. The van der Waals surface area contributed by atoms with Gasteiger partial charge in [0, 0.05) is 0 Å². The molecule has 2 nitrogen and oxygen atoms in total. The highest BCUT2D eigenvalue weighted by Crippen LogP contribution is 2.50. The molecular weight excluding hydrogens is 320 g/mol. The Kier molecular flexibility index (Phi) is 6.20. The van der Waals surface area contributed by atoms with E-state index in [0.29, 0.717) is 10.8 Å². The average Bonchev–Trinajstić information content (AvgIpc) is 3.53. The summed E-state index contributed by atoms with van der Waals surface area (Å²) in [5.74, 6) is 0.254. The van der Waals surface area contributed by atoms with Crippen molar-refractivity contribution < 1.29 is 10.2 Å². The van der Waals surface area contributed by atoms with Crippen molar-refractivity contribution >= 4 is 0 Å². The molecule has 0 heterocycles. The highest BCUT2D eigenvalue weighted by Gasteiger charge is 2.36. The van der Waals surface area contributed by atoms with Crippen LogP contribution in [0.2, 0.25) is 0 Å². The van der Waals surface area contributed by atoms with Crippen LogP contribution in [-0.2, 0) is 12.8 Å². The van der Waals surface area contributed by atoms with Gasteiger partial charge in [-0.15, -0.1) is 0 Å². The first-order chi connectivity index (χ1) is 12.4. The molecule has 146 valence electrons. The molecule has 0 unspecified atom stereocenters. The Balaban J connectivity index is 1.35. The van der Waals surface area contributed by atoms with E-state index in [2.05, 4.69) is 13.8 Å². The molecule has 0 aromatic heterocycles. The Morgan fingerprint density at radius 2 is 1.04 bits per heavy atom. The summed E-state index contributed by atoms with van der Waals surface area (Å²) in [6.07, 6.45) is 17.3. The molecule has 2 fully saturated rings. The van der Waals surface area contributed by atoms with Crippen molar-refractivity contribution in [3.8, 4) is 11.5 Å². The summed E-state index contributed by atoms with van der Waals surface area (Å²) in [4.78, 5) is 0. The summed E-state index contributed by atoms with van der Waals surface area (Å²) in [6.45, 7) is 4.78. The summed E-state index contributed by atoms with van der Waals surface area (Å²) in [5, 5.41) is 20.7. The predicted molar refractivity (Wildman–Crippen MR) is 109 cm³/mol. The standard InChI is InChI=1S/C24H38O2/c1-23(15-16-23)13-7-4-3-5-9-19-11-12-20(22(26)21(19)25)10-6-8-14-24(2)17-18-24/h11-12,25-26H,3-10,13-18H2,1-2H3. The first-order valence-corrected chi connectivity index (χ1v) is 10.9. The molecule has 2 aliphatic carbocycles. The molecular formula is C24H38O2. The number of aryl methyl sites for hydroxylation is 2. The highest BCUT2D eigenvalue weighted by atomic mass is 16.3. The van der Waals surface area contributed by atoms with Gasteiger partial charge in [-0.2, -0.15) is 0 Å². The maximum absolute atomic E-state index is 10.3. The third-order valence-electron chi connectivity index (χ3n) is 6.98. The van der Waals surface area contributed by atoms with Crippen LogP contribution in [0.5, 0.6) is 11.5 Å². The average molecular weight is 359 g/mol. The predicted octanol–water partition coefficient (Wildman–Crippen LogP) is 6.90. The number of unbranched alkanes of at least 4 members (excludes halogenated alkanes) is 4. The van der Waals surface area contributed by atoms with E-state index >= 15 is 0 Å². The van der Waals surface area contributed by atoms with Crippen LogP contribution in [-0.4, -0.2) is 10.2 Å². The highest BCUT2D eigenvalue weighted by molar-refractivity contribution is 5.50. The van der Waals surface area contributed by atoms with E-state index in [4.69, 9.17) is 0 Å². The summed E-state index contributed by atoms with van der Waals surface area (Å²) in [5.41, 5.74) is 3.11. The van der Waals surface area contributed by atoms with Crippen molar-refractivity contribution in [3.05, 3.63) is 23.3 Å².